The first kappa shape index (κ1) is 21.1. The maximum absolute atomic E-state index is 12.6. The zero-order valence-corrected chi connectivity index (χ0v) is 18.7. The van der Waals surface area contributed by atoms with E-state index >= 15 is 0 Å². The second kappa shape index (κ2) is 8.83. The summed E-state index contributed by atoms with van der Waals surface area (Å²) in [4.78, 5) is 12.6. The fourth-order valence-corrected chi connectivity index (χ4v) is 3.34. The summed E-state index contributed by atoms with van der Waals surface area (Å²) in [6.07, 6.45) is -0.728. The molecule has 1 unspecified atom stereocenters. The first-order valence-electron chi connectivity index (χ1n) is 9.58. The second-order valence-corrected chi connectivity index (χ2v) is 8.88. The van der Waals surface area contributed by atoms with Crippen molar-refractivity contribution < 1.29 is 14.3 Å². The van der Waals surface area contributed by atoms with Gasteiger partial charge < -0.3 is 9.47 Å². The van der Waals surface area contributed by atoms with Gasteiger partial charge in [-0.25, -0.2) is 4.79 Å². The van der Waals surface area contributed by atoms with Gasteiger partial charge in [0.15, 0.2) is 6.10 Å². The van der Waals surface area contributed by atoms with Crippen molar-refractivity contribution in [3.05, 3.63) is 82.8 Å². The molecule has 29 heavy (non-hydrogen) atoms. The Labute approximate surface area is 180 Å². The molecule has 4 heteroatoms. The van der Waals surface area contributed by atoms with E-state index in [0.29, 0.717) is 11.5 Å². The summed E-state index contributed by atoms with van der Waals surface area (Å²) in [6, 6.07) is 23.5. The smallest absolute Gasteiger partial charge is 0.352 e. The molecule has 0 heterocycles. The van der Waals surface area contributed by atoms with Crippen molar-refractivity contribution in [3.63, 3.8) is 0 Å². The minimum absolute atomic E-state index is 0.156. The molecular formula is C25H25BrO3. The van der Waals surface area contributed by atoms with Crippen LogP contribution in [-0.4, -0.2) is 12.1 Å². The van der Waals surface area contributed by atoms with E-state index < -0.39 is 12.1 Å². The van der Waals surface area contributed by atoms with Gasteiger partial charge in [0, 0.05) is 10.0 Å². The van der Waals surface area contributed by atoms with Gasteiger partial charge in [0.1, 0.15) is 11.5 Å². The van der Waals surface area contributed by atoms with Crippen molar-refractivity contribution in [2.75, 3.05) is 0 Å². The molecule has 0 aliphatic rings. The molecule has 150 valence electrons. The molecular weight excluding hydrogens is 428 g/mol. The molecule has 3 aromatic carbocycles. The molecule has 0 aliphatic heterocycles. The Kier molecular flexibility index (Phi) is 6.43. The quantitative estimate of drug-likeness (QED) is 0.315. The Morgan fingerprint density at radius 3 is 2.14 bits per heavy atom. The van der Waals surface area contributed by atoms with Gasteiger partial charge in [-0.05, 0) is 53.8 Å². The number of ether oxygens (including phenoxy) is 2. The van der Waals surface area contributed by atoms with Crippen LogP contribution in [0.3, 0.4) is 0 Å². The predicted molar refractivity (Wildman–Crippen MR) is 120 cm³/mol. The topological polar surface area (TPSA) is 35.5 Å². The molecule has 3 nitrogen and oxygen atoms in total. The molecule has 3 rings (SSSR count). The third-order valence-corrected chi connectivity index (χ3v) is 5.06. The number of benzene rings is 3. The van der Waals surface area contributed by atoms with E-state index in [-0.39, 0.29) is 5.41 Å². The Hall–Kier alpha value is -2.59. The maximum atomic E-state index is 12.6. The molecule has 0 saturated heterocycles. The summed E-state index contributed by atoms with van der Waals surface area (Å²) in [5, 5.41) is 0. The van der Waals surface area contributed by atoms with E-state index in [2.05, 4.69) is 48.8 Å². The Bertz CT molecular complexity index is 973. The number of rotatable bonds is 5. The number of carbonyl (C=O) groups excluding carboxylic acids is 1. The van der Waals surface area contributed by atoms with E-state index in [0.717, 1.165) is 21.2 Å². The number of hydrogen-bond donors (Lipinski definition) is 0. The average Bonchev–Trinajstić information content (AvgIpc) is 2.69. The Morgan fingerprint density at radius 1 is 0.897 bits per heavy atom. The fraction of sp³-hybridized carbons (Fsp3) is 0.240. The van der Waals surface area contributed by atoms with Crippen LogP contribution in [0, 0.1) is 0 Å². The summed E-state index contributed by atoms with van der Waals surface area (Å²) in [5.41, 5.74) is 3.03. The van der Waals surface area contributed by atoms with Crippen molar-refractivity contribution in [1.82, 2.24) is 0 Å². The van der Waals surface area contributed by atoms with Crippen LogP contribution in [0.2, 0.25) is 0 Å². The Balaban J connectivity index is 1.69. The summed E-state index contributed by atoms with van der Waals surface area (Å²) in [6.45, 7) is 7.95. The van der Waals surface area contributed by atoms with Gasteiger partial charge in [-0.15, -0.1) is 0 Å². The van der Waals surface area contributed by atoms with Crippen molar-refractivity contribution in [2.45, 2.75) is 39.2 Å². The van der Waals surface area contributed by atoms with Crippen molar-refractivity contribution >= 4 is 21.9 Å². The monoisotopic (exact) mass is 452 g/mol. The van der Waals surface area contributed by atoms with Crippen LogP contribution in [0.25, 0.3) is 11.1 Å². The van der Waals surface area contributed by atoms with Crippen molar-refractivity contribution in [1.29, 1.82) is 0 Å². The van der Waals surface area contributed by atoms with Gasteiger partial charge in [0.05, 0.1) is 0 Å². The van der Waals surface area contributed by atoms with Crippen molar-refractivity contribution in [3.8, 4) is 22.6 Å². The van der Waals surface area contributed by atoms with Gasteiger partial charge in [-0.2, -0.15) is 0 Å². The van der Waals surface area contributed by atoms with Gasteiger partial charge in [-0.1, -0.05) is 79.2 Å². The standard InChI is InChI=1S/C25H25BrO3/c1-17(24(27)29-23-15-12-20(26)16-22(23)25(2,3)4)28-21-13-10-19(11-14-21)18-8-6-5-7-9-18/h5-17H,1-4H3. The largest absolute Gasteiger partial charge is 0.479 e. The zero-order chi connectivity index (χ0) is 21.0. The summed E-state index contributed by atoms with van der Waals surface area (Å²) in [5.74, 6) is 0.756. The number of carbonyl (C=O) groups is 1. The lowest BCUT2D eigenvalue weighted by Gasteiger charge is -2.23. The highest BCUT2D eigenvalue weighted by molar-refractivity contribution is 9.10. The second-order valence-electron chi connectivity index (χ2n) is 7.96. The van der Waals surface area contributed by atoms with Crippen LogP contribution >= 0.6 is 15.9 Å². The minimum Gasteiger partial charge on any atom is -0.479 e. The SMILES string of the molecule is CC(Oc1ccc(-c2ccccc2)cc1)C(=O)Oc1ccc(Br)cc1C(C)(C)C. The van der Waals surface area contributed by atoms with E-state index in [1.165, 1.54) is 0 Å². The van der Waals surface area contributed by atoms with Gasteiger partial charge in [-0.3, -0.25) is 0 Å². The molecule has 0 bridgehead atoms. The third kappa shape index (κ3) is 5.48. The minimum atomic E-state index is -0.728. The highest BCUT2D eigenvalue weighted by Crippen LogP contribution is 2.34. The molecule has 0 saturated carbocycles. The zero-order valence-electron chi connectivity index (χ0n) is 17.1. The van der Waals surface area contributed by atoms with Crippen molar-refractivity contribution in [2.24, 2.45) is 0 Å². The molecule has 0 amide bonds. The van der Waals surface area contributed by atoms with Gasteiger partial charge in [0.2, 0.25) is 0 Å². The van der Waals surface area contributed by atoms with Crippen LogP contribution in [0.5, 0.6) is 11.5 Å². The van der Waals surface area contributed by atoms with Gasteiger partial charge in [0.25, 0.3) is 0 Å². The molecule has 0 fully saturated rings. The van der Waals surface area contributed by atoms with E-state index in [1.807, 2.05) is 60.7 Å². The highest BCUT2D eigenvalue weighted by atomic mass is 79.9. The number of hydrogen-bond acceptors (Lipinski definition) is 3. The highest BCUT2D eigenvalue weighted by Gasteiger charge is 2.24. The van der Waals surface area contributed by atoms with E-state index in [9.17, 15) is 4.79 Å². The average molecular weight is 453 g/mol. The van der Waals surface area contributed by atoms with Crippen LogP contribution in [0.1, 0.15) is 33.3 Å². The predicted octanol–water partition coefficient (Wildman–Crippen LogP) is 6.79. The first-order chi connectivity index (χ1) is 13.7. The van der Waals surface area contributed by atoms with Crippen LogP contribution < -0.4 is 9.47 Å². The normalized spacial score (nSPS) is 12.3. The summed E-state index contributed by atoms with van der Waals surface area (Å²) >= 11 is 3.49. The Morgan fingerprint density at radius 2 is 1.52 bits per heavy atom. The maximum Gasteiger partial charge on any atom is 0.352 e. The molecule has 1 atom stereocenters. The molecule has 0 radical (unpaired) electrons. The molecule has 0 spiro atoms. The lowest BCUT2D eigenvalue weighted by atomic mass is 9.86. The number of esters is 1. The van der Waals surface area contributed by atoms with Crippen LogP contribution in [0.15, 0.2) is 77.3 Å². The fourth-order valence-electron chi connectivity index (χ4n) is 2.98. The first-order valence-corrected chi connectivity index (χ1v) is 10.4. The lowest BCUT2D eigenvalue weighted by Crippen LogP contribution is -2.29. The molecule has 0 aliphatic carbocycles. The van der Waals surface area contributed by atoms with Crippen LogP contribution in [0.4, 0.5) is 0 Å². The summed E-state index contributed by atoms with van der Waals surface area (Å²) in [7, 11) is 0. The molecule has 0 N–H and O–H groups in total. The summed E-state index contributed by atoms with van der Waals surface area (Å²) < 4.78 is 12.4. The molecule has 3 aromatic rings. The van der Waals surface area contributed by atoms with E-state index in [4.69, 9.17) is 9.47 Å². The van der Waals surface area contributed by atoms with Crippen LogP contribution in [-0.2, 0) is 10.2 Å². The molecule has 0 aromatic heterocycles. The van der Waals surface area contributed by atoms with Gasteiger partial charge >= 0.3 is 5.97 Å². The lowest BCUT2D eigenvalue weighted by molar-refractivity contribution is -0.141. The number of halogens is 1. The van der Waals surface area contributed by atoms with E-state index in [1.54, 1.807) is 6.92 Å². The third-order valence-electron chi connectivity index (χ3n) is 4.57.